The summed E-state index contributed by atoms with van der Waals surface area (Å²) in [5.41, 5.74) is 14.8. The quantitative estimate of drug-likeness (QED) is 0.586. The van der Waals surface area contributed by atoms with Gasteiger partial charge in [-0.05, 0) is 24.3 Å². The van der Waals surface area contributed by atoms with Crippen LogP contribution in [0.25, 0.3) is 27.8 Å². The first-order chi connectivity index (χ1) is 11.2. The molecule has 0 unspecified atom stereocenters. The maximum absolute atomic E-state index is 5.93. The Morgan fingerprint density at radius 2 is 1.74 bits per heavy atom. The molecule has 0 atom stereocenters. The maximum atomic E-state index is 5.93. The molecule has 4 aromatic rings. The van der Waals surface area contributed by atoms with Crippen LogP contribution < -0.4 is 11.5 Å². The Balaban J connectivity index is 1.79. The second kappa shape index (κ2) is 5.06. The van der Waals surface area contributed by atoms with E-state index in [-0.39, 0.29) is 5.95 Å². The summed E-state index contributed by atoms with van der Waals surface area (Å²) in [5.74, 6) is 0.516. The van der Waals surface area contributed by atoms with Crippen LogP contribution in [0.2, 0.25) is 0 Å². The summed E-state index contributed by atoms with van der Waals surface area (Å²) in [6.07, 6.45) is 1.87. The highest BCUT2D eigenvalue weighted by Crippen LogP contribution is 2.25. The molecule has 0 aliphatic rings. The number of nitrogens with two attached hydrogens (primary N) is 2. The summed E-state index contributed by atoms with van der Waals surface area (Å²) in [4.78, 5) is 8.16. The zero-order valence-corrected chi connectivity index (χ0v) is 12.1. The Hall–Kier alpha value is -3.48. The third kappa shape index (κ3) is 2.34. The number of nitrogen functional groups attached to an aromatic ring is 2. The van der Waals surface area contributed by atoms with E-state index in [1.54, 1.807) is 4.68 Å². The first kappa shape index (κ1) is 13.2. The molecule has 112 valence electrons. The minimum Gasteiger partial charge on any atom is -0.383 e. The number of benzene rings is 2. The van der Waals surface area contributed by atoms with E-state index in [1.807, 2.05) is 54.7 Å². The number of nitrogens with zero attached hydrogens (tertiary/aromatic N) is 5. The lowest BCUT2D eigenvalue weighted by molar-refractivity contribution is 0.804. The summed E-state index contributed by atoms with van der Waals surface area (Å²) in [7, 11) is 0. The topological polar surface area (TPSA) is 109 Å². The van der Waals surface area contributed by atoms with E-state index >= 15 is 0 Å². The van der Waals surface area contributed by atoms with E-state index in [2.05, 4.69) is 20.3 Å². The summed E-state index contributed by atoms with van der Waals surface area (Å²) >= 11 is 0. The molecule has 0 radical (unpaired) electrons. The van der Waals surface area contributed by atoms with Crippen LogP contribution in [-0.4, -0.2) is 25.0 Å². The Labute approximate surface area is 131 Å². The van der Waals surface area contributed by atoms with Gasteiger partial charge < -0.3 is 11.5 Å². The maximum Gasteiger partial charge on any atom is 0.222 e. The normalized spacial score (nSPS) is 11.0. The van der Waals surface area contributed by atoms with Crippen molar-refractivity contribution in [1.82, 2.24) is 25.0 Å². The van der Waals surface area contributed by atoms with Crippen LogP contribution in [0.15, 0.2) is 54.7 Å². The van der Waals surface area contributed by atoms with E-state index in [0.29, 0.717) is 11.3 Å². The van der Waals surface area contributed by atoms with Gasteiger partial charge in [0.2, 0.25) is 5.95 Å². The SMILES string of the molecule is Nc1nc(N)c2cc(-c3cn(-c4ccccc4)nn3)ccc2n1. The molecule has 0 amide bonds. The standard InChI is InChI=1S/C16H13N7/c17-15-12-8-10(6-7-13(12)19-16(18)20-15)14-9-23(22-21-14)11-4-2-1-3-5-11/h1-9H,(H4,17,18,19,20). The van der Waals surface area contributed by atoms with Crippen LogP contribution in [0, 0.1) is 0 Å². The molecule has 2 aromatic heterocycles. The van der Waals surface area contributed by atoms with E-state index in [1.165, 1.54) is 0 Å². The zero-order valence-electron chi connectivity index (χ0n) is 12.1. The minimum atomic E-state index is 0.165. The van der Waals surface area contributed by atoms with Crippen molar-refractivity contribution in [2.45, 2.75) is 0 Å². The molecule has 0 fully saturated rings. The van der Waals surface area contributed by atoms with Gasteiger partial charge in [-0.25, -0.2) is 9.67 Å². The van der Waals surface area contributed by atoms with Gasteiger partial charge in [-0.2, -0.15) is 4.98 Å². The fraction of sp³-hybridized carbons (Fsp3) is 0. The van der Waals surface area contributed by atoms with Gasteiger partial charge in [-0.1, -0.05) is 29.5 Å². The van der Waals surface area contributed by atoms with E-state index in [4.69, 9.17) is 11.5 Å². The van der Waals surface area contributed by atoms with Crippen molar-refractivity contribution in [2.75, 3.05) is 11.5 Å². The van der Waals surface area contributed by atoms with Gasteiger partial charge in [0, 0.05) is 10.9 Å². The molecule has 0 aliphatic carbocycles. The average molecular weight is 303 g/mol. The second-order valence-corrected chi connectivity index (χ2v) is 5.08. The van der Waals surface area contributed by atoms with Crippen molar-refractivity contribution < 1.29 is 0 Å². The van der Waals surface area contributed by atoms with E-state index < -0.39 is 0 Å². The lowest BCUT2D eigenvalue weighted by Crippen LogP contribution is -2.00. The number of para-hydroxylation sites is 1. The van der Waals surface area contributed by atoms with Gasteiger partial charge in [0.15, 0.2) is 0 Å². The Bertz CT molecular complexity index is 992. The first-order valence-corrected chi connectivity index (χ1v) is 7.01. The van der Waals surface area contributed by atoms with E-state index in [0.717, 1.165) is 22.3 Å². The summed E-state index contributed by atoms with van der Waals surface area (Å²) in [6.45, 7) is 0. The van der Waals surface area contributed by atoms with Crippen molar-refractivity contribution in [2.24, 2.45) is 0 Å². The van der Waals surface area contributed by atoms with Crippen LogP contribution in [0.4, 0.5) is 11.8 Å². The Morgan fingerprint density at radius 1 is 0.913 bits per heavy atom. The molecular formula is C16H13N7. The lowest BCUT2D eigenvalue weighted by Gasteiger charge is -2.04. The van der Waals surface area contributed by atoms with Gasteiger partial charge in [0.1, 0.15) is 11.5 Å². The number of rotatable bonds is 2. The van der Waals surface area contributed by atoms with Crippen molar-refractivity contribution in [1.29, 1.82) is 0 Å². The average Bonchev–Trinajstić information content (AvgIpc) is 3.05. The highest BCUT2D eigenvalue weighted by molar-refractivity contribution is 5.92. The minimum absolute atomic E-state index is 0.165. The highest BCUT2D eigenvalue weighted by atomic mass is 15.4. The molecule has 23 heavy (non-hydrogen) atoms. The number of hydrogen-bond donors (Lipinski definition) is 2. The molecule has 2 aromatic carbocycles. The number of aromatic nitrogens is 5. The van der Waals surface area contributed by atoms with Crippen molar-refractivity contribution >= 4 is 22.7 Å². The van der Waals surface area contributed by atoms with Gasteiger partial charge in [0.05, 0.1) is 17.4 Å². The zero-order chi connectivity index (χ0) is 15.8. The van der Waals surface area contributed by atoms with Crippen LogP contribution in [0.1, 0.15) is 0 Å². The molecule has 0 spiro atoms. The van der Waals surface area contributed by atoms with Crippen molar-refractivity contribution in [3.05, 3.63) is 54.7 Å². The second-order valence-electron chi connectivity index (χ2n) is 5.08. The number of anilines is 2. The molecule has 0 saturated carbocycles. The van der Waals surface area contributed by atoms with Crippen molar-refractivity contribution in [3.63, 3.8) is 0 Å². The van der Waals surface area contributed by atoms with E-state index in [9.17, 15) is 0 Å². The van der Waals surface area contributed by atoms with Gasteiger partial charge >= 0.3 is 0 Å². The third-order valence-corrected chi connectivity index (χ3v) is 3.55. The summed E-state index contributed by atoms with van der Waals surface area (Å²) < 4.78 is 1.72. The molecule has 2 heterocycles. The fourth-order valence-corrected chi connectivity index (χ4v) is 2.43. The smallest absolute Gasteiger partial charge is 0.222 e. The molecular weight excluding hydrogens is 290 g/mol. The predicted octanol–water partition coefficient (Wildman–Crippen LogP) is 2.04. The summed E-state index contributed by atoms with van der Waals surface area (Å²) in [6, 6.07) is 15.4. The van der Waals surface area contributed by atoms with Gasteiger partial charge in [0.25, 0.3) is 0 Å². The molecule has 7 heteroatoms. The van der Waals surface area contributed by atoms with Crippen LogP contribution in [-0.2, 0) is 0 Å². The summed E-state index contributed by atoms with van der Waals surface area (Å²) in [5, 5.41) is 9.13. The molecule has 4 N–H and O–H groups in total. The number of hydrogen-bond acceptors (Lipinski definition) is 6. The van der Waals surface area contributed by atoms with Crippen LogP contribution in [0.3, 0.4) is 0 Å². The fourth-order valence-electron chi connectivity index (χ4n) is 2.43. The van der Waals surface area contributed by atoms with Crippen LogP contribution >= 0.6 is 0 Å². The molecule has 0 bridgehead atoms. The first-order valence-electron chi connectivity index (χ1n) is 7.01. The van der Waals surface area contributed by atoms with Gasteiger partial charge in [-0.15, -0.1) is 5.10 Å². The number of fused-ring (bicyclic) bond motifs is 1. The largest absolute Gasteiger partial charge is 0.383 e. The molecule has 0 saturated heterocycles. The monoisotopic (exact) mass is 303 g/mol. The van der Waals surface area contributed by atoms with Crippen molar-refractivity contribution in [3.8, 4) is 16.9 Å². The predicted molar refractivity (Wildman–Crippen MR) is 88.7 cm³/mol. The highest BCUT2D eigenvalue weighted by Gasteiger charge is 2.09. The third-order valence-electron chi connectivity index (χ3n) is 3.55. The van der Waals surface area contributed by atoms with Gasteiger partial charge in [-0.3, -0.25) is 0 Å². The Kier molecular flexibility index (Phi) is 2.90. The lowest BCUT2D eigenvalue weighted by atomic mass is 10.1. The molecule has 4 rings (SSSR count). The van der Waals surface area contributed by atoms with Crippen LogP contribution in [0.5, 0.6) is 0 Å². The molecule has 7 nitrogen and oxygen atoms in total. The molecule has 0 aliphatic heterocycles. The Morgan fingerprint density at radius 3 is 2.57 bits per heavy atom.